The van der Waals surface area contributed by atoms with Crippen LogP contribution in [0.5, 0.6) is 5.88 Å². The zero-order valence-electron chi connectivity index (χ0n) is 24.0. The summed E-state index contributed by atoms with van der Waals surface area (Å²) in [6, 6.07) is 22.4. The summed E-state index contributed by atoms with van der Waals surface area (Å²) < 4.78 is 5.51. The molecule has 0 aliphatic carbocycles. The molecule has 3 heterocycles. The van der Waals surface area contributed by atoms with E-state index < -0.39 is 11.7 Å². The molecule has 2 aromatic carbocycles. The van der Waals surface area contributed by atoms with Crippen LogP contribution in [0.4, 0.5) is 0 Å². The monoisotopic (exact) mass is 553 g/mol. The number of fused-ring (bicyclic) bond motifs is 1. The van der Waals surface area contributed by atoms with Gasteiger partial charge in [-0.3, -0.25) is 19.3 Å². The predicted octanol–water partition coefficient (Wildman–Crippen LogP) is 4.17. The van der Waals surface area contributed by atoms with E-state index in [1.165, 1.54) is 43.4 Å². The van der Waals surface area contributed by atoms with Crippen LogP contribution in [-0.4, -0.2) is 88.6 Å². The number of ether oxygens (including phenoxy) is 1. The number of Topliss-reactive ketones (excluding diaryl/α,β-unsaturated/α-hetero) is 1. The average Bonchev–Trinajstić information content (AvgIpc) is 3.41. The first kappa shape index (κ1) is 28.0. The Bertz CT molecular complexity index is 1530. The number of aromatic amines is 1. The second-order valence-electron chi connectivity index (χ2n) is 10.7. The molecule has 0 radical (unpaired) electrons. The lowest BCUT2D eigenvalue weighted by atomic mass is 9.93. The summed E-state index contributed by atoms with van der Waals surface area (Å²) in [6.07, 6.45) is 1.45. The number of H-pyrrole nitrogens is 1. The van der Waals surface area contributed by atoms with Crippen LogP contribution in [0.15, 0.2) is 72.9 Å². The number of nitrogens with one attached hydrogen (secondary N) is 1. The van der Waals surface area contributed by atoms with Crippen LogP contribution in [0.1, 0.15) is 51.7 Å². The second kappa shape index (κ2) is 11.5. The van der Waals surface area contributed by atoms with Crippen molar-refractivity contribution < 1.29 is 19.1 Å². The Kier molecular flexibility index (Phi) is 7.90. The molecule has 0 saturated carbocycles. The van der Waals surface area contributed by atoms with Crippen molar-refractivity contribution in [1.29, 1.82) is 0 Å². The first-order chi connectivity index (χ1) is 19.7. The number of aromatic nitrogens is 2. The Balaban J connectivity index is 1.47. The smallest absolute Gasteiger partial charge is 0.294 e. The highest BCUT2D eigenvalue weighted by atomic mass is 16.5. The summed E-state index contributed by atoms with van der Waals surface area (Å²) in [6.45, 7) is 5.34. The third-order valence-electron chi connectivity index (χ3n) is 7.76. The van der Waals surface area contributed by atoms with Gasteiger partial charge in [0.25, 0.3) is 17.6 Å². The van der Waals surface area contributed by atoms with Crippen LogP contribution in [0, 0.1) is 0 Å². The minimum absolute atomic E-state index is 0.0438. The van der Waals surface area contributed by atoms with Crippen molar-refractivity contribution in [1.82, 2.24) is 24.7 Å². The van der Waals surface area contributed by atoms with E-state index in [0.29, 0.717) is 24.1 Å². The molecular formula is C32H35N5O4. The topological polar surface area (TPSA) is 98.8 Å². The highest BCUT2D eigenvalue weighted by Crippen LogP contribution is 2.34. The fourth-order valence-corrected chi connectivity index (χ4v) is 5.64. The van der Waals surface area contributed by atoms with E-state index in [1.807, 2.05) is 24.0 Å². The summed E-state index contributed by atoms with van der Waals surface area (Å²) in [5.41, 5.74) is 3.19. The standard InChI is InChI=1S/C32H35N5O4/c1-20-19-37(21(2)18-36(20)27(22-12-8-6-9-13-22)23-14-10-7-11-15-23)31(39)25-16-24-26(28(38)32(40)35(3)4)17-33-29(24)34-30(25)41-5/h6-17,20-21,27H,18-19H2,1-5H3,(H,33,34)/t20-,21+/m0/s1. The van der Waals surface area contributed by atoms with Crippen LogP contribution in [0.3, 0.4) is 0 Å². The number of piperazine rings is 1. The molecular weight excluding hydrogens is 518 g/mol. The van der Waals surface area contributed by atoms with Gasteiger partial charge in [0.05, 0.1) is 18.7 Å². The van der Waals surface area contributed by atoms with Crippen LogP contribution in [0.25, 0.3) is 11.0 Å². The van der Waals surface area contributed by atoms with E-state index >= 15 is 0 Å². The number of amides is 2. The third-order valence-corrected chi connectivity index (χ3v) is 7.76. The summed E-state index contributed by atoms with van der Waals surface area (Å²) in [5.74, 6) is -1.39. The molecule has 0 unspecified atom stereocenters. The zero-order chi connectivity index (χ0) is 29.3. The highest BCUT2D eigenvalue weighted by molar-refractivity contribution is 6.44. The largest absolute Gasteiger partial charge is 0.480 e. The zero-order valence-corrected chi connectivity index (χ0v) is 24.0. The van der Waals surface area contributed by atoms with Crippen molar-refractivity contribution in [2.75, 3.05) is 34.3 Å². The first-order valence-electron chi connectivity index (χ1n) is 13.7. The number of ketones is 1. The molecule has 9 nitrogen and oxygen atoms in total. The number of carbonyl (C=O) groups excluding carboxylic acids is 3. The summed E-state index contributed by atoms with van der Waals surface area (Å²) >= 11 is 0. The van der Waals surface area contributed by atoms with Crippen molar-refractivity contribution in [3.8, 4) is 5.88 Å². The summed E-state index contributed by atoms with van der Waals surface area (Å²) in [5, 5.41) is 0.405. The Hall–Kier alpha value is -4.50. The average molecular weight is 554 g/mol. The van der Waals surface area contributed by atoms with Crippen molar-refractivity contribution in [3.63, 3.8) is 0 Å². The van der Waals surface area contributed by atoms with E-state index in [1.54, 1.807) is 6.07 Å². The Labute approximate surface area is 239 Å². The van der Waals surface area contributed by atoms with E-state index in [-0.39, 0.29) is 41.0 Å². The lowest BCUT2D eigenvalue weighted by Crippen LogP contribution is -2.58. The van der Waals surface area contributed by atoms with Gasteiger partial charge in [-0.25, -0.2) is 0 Å². The Morgan fingerprint density at radius 2 is 1.54 bits per heavy atom. The van der Waals surface area contributed by atoms with Gasteiger partial charge in [0.2, 0.25) is 5.88 Å². The highest BCUT2D eigenvalue weighted by Gasteiger charge is 2.38. The van der Waals surface area contributed by atoms with Gasteiger partial charge in [-0.05, 0) is 31.0 Å². The molecule has 2 amide bonds. The number of nitrogens with zero attached hydrogens (tertiary/aromatic N) is 4. The lowest BCUT2D eigenvalue weighted by Gasteiger charge is -2.47. The van der Waals surface area contributed by atoms with Gasteiger partial charge in [-0.2, -0.15) is 4.98 Å². The number of carbonyl (C=O) groups is 3. The van der Waals surface area contributed by atoms with Crippen molar-refractivity contribution in [2.24, 2.45) is 0 Å². The molecule has 1 N–H and O–H groups in total. The number of hydrogen-bond acceptors (Lipinski definition) is 6. The van der Waals surface area contributed by atoms with Crippen LogP contribution in [-0.2, 0) is 4.79 Å². The van der Waals surface area contributed by atoms with Gasteiger partial charge < -0.3 is 19.5 Å². The molecule has 1 aliphatic heterocycles. The number of rotatable bonds is 7. The van der Waals surface area contributed by atoms with Crippen molar-refractivity contribution in [2.45, 2.75) is 32.0 Å². The van der Waals surface area contributed by atoms with Gasteiger partial charge in [0.15, 0.2) is 0 Å². The van der Waals surface area contributed by atoms with Crippen molar-refractivity contribution in [3.05, 3.63) is 95.2 Å². The molecule has 212 valence electrons. The van der Waals surface area contributed by atoms with Crippen molar-refractivity contribution >= 4 is 28.6 Å². The minimum Gasteiger partial charge on any atom is -0.480 e. The van der Waals surface area contributed by atoms with Gasteiger partial charge in [-0.1, -0.05) is 60.7 Å². The third kappa shape index (κ3) is 5.32. The molecule has 1 saturated heterocycles. The van der Waals surface area contributed by atoms with E-state index in [2.05, 4.69) is 70.3 Å². The molecule has 9 heteroatoms. The van der Waals surface area contributed by atoms with Gasteiger partial charge in [0, 0.05) is 50.9 Å². The number of likely N-dealkylation sites (N-methyl/N-ethyl adjacent to an activating group) is 1. The maximum absolute atomic E-state index is 14.1. The molecule has 1 fully saturated rings. The number of benzene rings is 2. The van der Waals surface area contributed by atoms with E-state index in [0.717, 1.165) is 0 Å². The van der Waals surface area contributed by atoms with E-state index in [9.17, 15) is 14.4 Å². The maximum atomic E-state index is 14.1. The molecule has 2 atom stereocenters. The van der Waals surface area contributed by atoms with Crippen LogP contribution < -0.4 is 4.74 Å². The Morgan fingerprint density at radius 1 is 0.927 bits per heavy atom. The second-order valence-corrected chi connectivity index (χ2v) is 10.7. The van der Waals surface area contributed by atoms with Gasteiger partial charge in [0.1, 0.15) is 11.2 Å². The molecule has 0 bridgehead atoms. The minimum atomic E-state index is -0.671. The van der Waals surface area contributed by atoms with Crippen LogP contribution in [0.2, 0.25) is 0 Å². The van der Waals surface area contributed by atoms with Crippen LogP contribution >= 0.6 is 0 Å². The number of methoxy groups -OCH3 is 1. The fourth-order valence-electron chi connectivity index (χ4n) is 5.64. The molecule has 2 aromatic heterocycles. The summed E-state index contributed by atoms with van der Waals surface area (Å²) in [4.78, 5) is 52.2. The molecule has 41 heavy (non-hydrogen) atoms. The molecule has 4 aromatic rings. The normalized spacial score (nSPS) is 17.6. The van der Waals surface area contributed by atoms with Gasteiger partial charge in [-0.15, -0.1) is 0 Å². The first-order valence-corrected chi connectivity index (χ1v) is 13.7. The predicted molar refractivity (Wildman–Crippen MR) is 157 cm³/mol. The lowest BCUT2D eigenvalue weighted by molar-refractivity contribution is -0.124. The molecule has 1 aliphatic rings. The number of pyridine rings is 1. The Morgan fingerprint density at radius 3 is 2.10 bits per heavy atom. The fraction of sp³-hybridized carbons (Fsp3) is 0.312. The SMILES string of the molecule is COc1nc2[nH]cc(C(=O)C(=O)N(C)C)c2cc1C(=O)N1C[C@H](C)N(C(c2ccccc2)c2ccccc2)C[C@H]1C. The molecule has 5 rings (SSSR count). The maximum Gasteiger partial charge on any atom is 0.294 e. The molecule has 0 spiro atoms. The van der Waals surface area contributed by atoms with Gasteiger partial charge >= 0.3 is 0 Å². The quantitative estimate of drug-likeness (QED) is 0.273. The van der Waals surface area contributed by atoms with E-state index in [4.69, 9.17) is 4.74 Å². The number of hydrogen-bond donors (Lipinski definition) is 1. The summed E-state index contributed by atoms with van der Waals surface area (Å²) in [7, 11) is 4.51.